The van der Waals surface area contributed by atoms with Gasteiger partial charge >= 0.3 is 6.09 Å². The van der Waals surface area contributed by atoms with Crippen LogP contribution in [0.2, 0.25) is 5.02 Å². The number of likely N-dealkylation sites (tertiary alicyclic amines) is 2. The molecular formula is C27H38ClN5O3. The van der Waals surface area contributed by atoms with Gasteiger partial charge in [0.05, 0.1) is 28.2 Å². The monoisotopic (exact) mass is 515 g/mol. The summed E-state index contributed by atoms with van der Waals surface area (Å²) in [4.78, 5) is 30.2. The zero-order chi connectivity index (χ0) is 25.9. The summed E-state index contributed by atoms with van der Waals surface area (Å²) in [5.41, 5.74) is 1.64. The van der Waals surface area contributed by atoms with Crippen LogP contribution in [0.4, 0.5) is 4.79 Å². The van der Waals surface area contributed by atoms with Crippen LogP contribution in [0.25, 0.3) is 5.69 Å². The summed E-state index contributed by atoms with van der Waals surface area (Å²) in [6, 6.07) is 7.90. The molecule has 9 heteroatoms. The van der Waals surface area contributed by atoms with E-state index in [0.29, 0.717) is 49.1 Å². The molecule has 0 saturated carbocycles. The molecule has 0 radical (unpaired) electrons. The SMILES string of the molecule is CCN1CCC[C@@H]1CNC(=O)c1cnn(-c2ccccc2Cl)c1C1CCN(C(=O)OC(C)(C)C)CC1. The van der Waals surface area contributed by atoms with Crippen LogP contribution >= 0.6 is 11.6 Å². The van der Waals surface area contributed by atoms with Crippen molar-refractivity contribution in [1.82, 2.24) is 24.9 Å². The number of amides is 2. The van der Waals surface area contributed by atoms with E-state index < -0.39 is 5.60 Å². The third kappa shape index (κ3) is 6.03. The molecular weight excluding hydrogens is 478 g/mol. The van der Waals surface area contributed by atoms with Crippen molar-refractivity contribution in [1.29, 1.82) is 0 Å². The number of ether oxygens (including phenoxy) is 1. The molecule has 2 amide bonds. The highest BCUT2D eigenvalue weighted by atomic mass is 35.5. The maximum Gasteiger partial charge on any atom is 0.410 e. The van der Waals surface area contributed by atoms with Crippen LogP contribution in [0.3, 0.4) is 0 Å². The Morgan fingerprint density at radius 2 is 1.86 bits per heavy atom. The summed E-state index contributed by atoms with van der Waals surface area (Å²) in [5, 5.41) is 8.35. The average Bonchev–Trinajstić information content (AvgIpc) is 3.49. The van der Waals surface area contributed by atoms with Crippen LogP contribution in [0.1, 0.15) is 75.3 Å². The molecule has 0 bridgehead atoms. The van der Waals surface area contributed by atoms with E-state index in [9.17, 15) is 9.59 Å². The van der Waals surface area contributed by atoms with Crippen LogP contribution in [-0.4, -0.2) is 75.9 Å². The zero-order valence-corrected chi connectivity index (χ0v) is 22.6. The Bertz CT molecular complexity index is 1070. The molecule has 2 saturated heterocycles. The first kappa shape index (κ1) is 26.5. The number of benzene rings is 1. The number of halogens is 1. The van der Waals surface area contributed by atoms with Crippen LogP contribution < -0.4 is 5.32 Å². The molecule has 1 aromatic carbocycles. The quantitative estimate of drug-likeness (QED) is 0.594. The molecule has 2 aliphatic heterocycles. The van der Waals surface area contributed by atoms with Gasteiger partial charge in [-0.3, -0.25) is 9.69 Å². The second kappa shape index (κ2) is 11.2. The molecule has 4 rings (SSSR count). The second-order valence-electron chi connectivity index (χ2n) is 10.7. The highest BCUT2D eigenvalue weighted by molar-refractivity contribution is 6.32. The van der Waals surface area contributed by atoms with E-state index in [1.807, 2.05) is 45.0 Å². The van der Waals surface area contributed by atoms with E-state index in [0.717, 1.165) is 30.9 Å². The minimum atomic E-state index is -0.533. The third-order valence-electron chi connectivity index (χ3n) is 7.07. The van der Waals surface area contributed by atoms with Crippen molar-refractivity contribution in [2.24, 2.45) is 0 Å². The summed E-state index contributed by atoms with van der Waals surface area (Å²) in [6.45, 7) is 11.6. The fourth-order valence-electron chi connectivity index (χ4n) is 5.25. The van der Waals surface area contributed by atoms with Crippen LogP contribution in [0.5, 0.6) is 0 Å². The molecule has 2 aromatic rings. The van der Waals surface area contributed by atoms with Gasteiger partial charge in [-0.05, 0) is 71.7 Å². The third-order valence-corrected chi connectivity index (χ3v) is 7.39. The largest absolute Gasteiger partial charge is 0.444 e. The molecule has 1 aromatic heterocycles. The second-order valence-corrected chi connectivity index (χ2v) is 11.1. The van der Waals surface area contributed by atoms with E-state index in [1.54, 1.807) is 15.8 Å². The Hall–Kier alpha value is -2.58. The first-order valence-electron chi connectivity index (χ1n) is 13.0. The summed E-state index contributed by atoms with van der Waals surface area (Å²) < 4.78 is 7.36. The van der Waals surface area contributed by atoms with Gasteiger partial charge < -0.3 is 15.0 Å². The summed E-state index contributed by atoms with van der Waals surface area (Å²) in [6.07, 6.45) is 5.05. The number of nitrogens with zero attached hydrogens (tertiary/aromatic N) is 4. The maximum absolute atomic E-state index is 13.4. The van der Waals surface area contributed by atoms with Gasteiger partial charge in [-0.2, -0.15) is 5.10 Å². The number of likely N-dealkylation sites (N-methyl/N-ethyl adjacent to an activating group) is 1. The number of para-hydroxylation sites is 1. The number of rotatable bonds is 6. The van der Waals surface area contributed by atoms with Crippen LogP contribution in [0, 0.1) is 0 Å². The molecule has 1 N–H and O–H groups in total. The molecule has 36 heavy (non-hydrogen) atoms. The lowest BCUT2D eigenvalue weighted by Crippen LogP contribution is -2.42. The van der Waals surface area contributed by atoms with Crippen molar-refractivity contribution < 1.29 is 14.3 Å². The molecule has 2 aliphatic rings. The molecule has 196 valence electrons. The van der Waals surface area contributed by atoms with E-state index in [2.05, 4.69) is 22.2 Å². The molecule has 0 unspecified atom stereocenters. The van der Waals surface area contributed by atoms with Crippen molar-refractivity contribution in [3.05, 3.63) is 46.7 Å². The highest BCUT2D eigenvalue weighted by Crippen LogP contribution is 2.34. The number of nitrogens with one attached hydrogen (secondary N) is 1. The van der Waals surface area contributed by atoms with E-state index in [4.69, 9.17) is 16.3 Å². The summed E-state index contributed by atoms with van der Waals surface area (Å²) >= 11 is 6.53. The molecule has 0 aliphatic carbocycles. The van der Waals surface area contributed by atoms with Crippen molar-refractivity contribution in [3.63, 3.8) is 0 Å². The lowest BCUT2D eigenvalue weighted by Gasteiger charge is -2.34. The normalized spacial score (nSPS) is 19.5. The molecule has 2 fully saturated rings. The topological polar surface area (TPSA) is 79.7 Å². The number of hydrogen-bond donors (Lipinski definition) is 1. The van der Waals surface area contributed by atoms with Crippen molar-refractivity contribution in [2.75, 3.05) is 32.7 Å². The smallest absolute Gasteiger partial charge is 0.410 e. The zero-order valence-electron chi connectivity index (χ0n) is 21.8. The Balaban J connectivity index is 1.55. The standard InChI is InChI=1S/C27H38ClN5O3/c1-5-31-14-8-9-20(31)17-29-25(34)21-18-30-33(23-11-7-6-10-22(23)28)24(21)19-12-15-32(16-13-19)26(35)36-27(2,3)4/h6-7,10-11,18-20H,5,8-9,12-17H2,1-4H3,(H,29,34)/t20-/m1/s1. The number of carbonyl (C=O) groups excluding carboxylic acids is 2. The van der Waals surface area contributed by atoms with Gasteiger partial charge in [0.2, 0.25) is 0 Å². The predicted molar refractivity (Wildman–Crippen MR) is 141 cm³/mol. The first-order valence-corrected chi connectivity index (χ1v) is 13.4. The Kier molecular flexibility index (Phi) is 8.25. The summed E-state index contributed by atoms with van der Waals surface area (Å²) in [5.74, 6) is -0.0531. The van der Waals surface area contributed by atoms with Gasteiger partial charge in [0, 0.05) is 31.6 Å². The van der Waals surface area contributed by atoms with Gasteiger partial charge in [0.25, 0.3) is 5.91 Å². The molecule has 1 atom stereocenters. The fraction of sp³-hybridized carbons (Fsp3) is 0.593. The van der Waals surface area contributed by atoms with Crippen molar-refractivity contribution >= 4 is 23.6 Å². The molecule has 3 heterocycles. The van der Waals surface area contributed by atoms with Gasteiger partial charge in [-0.15, -0.1) is 0 Å². The minimum absolute atomic E-state index is 0.0573. The van der Waals surface area contributed by atoms with Gasteiger partial charge in [0.1, 0.15) is 5.60 Å². The van der Waals surface area contributed by atoms with Crippen LogP contribution in [0.15, 0.2) is 30.5 Å². The lowest BCUT2D eigenvalue weighted by molar-refractivity contribution is 0.0203. The van der Waals surface area contributed by atoms with Gasteiger partial charge in [-0.25, -0.2) is 9.48 Å². The number of hydrogen-bond acceptors (Lipinski definition) is 5. The van der Waals surface area contributed by atoms with Crippen molar-refractivity contribution in [3.8, 4) is 5.69 Å². The first-order chi connectivity index (χ1) is 17.2. The Morgan fingerprint density at radius 1 is 1.14 bits per heavy atom. The van der Waals surface area contributed by atoms with E-state index >= 15 is 0 Å². The highest BCUT2D eigenvalue weighted by Gasteiger charge is 2.33. The number of aromatic nitrogens is 2. The number of piperidine rings is 1. The summed E-state index contributed by atoms with van der Waals surface area (Å²) in [7, 11) is 0. The molecule has 8 nitrogen and oxygen atoms in total. The van der Waals surface area contributed by atoms with Gasteiger partial charge in [-0.1, -0.05) is 30.7 Å². The predicted octanol–water partition coefficient (Wildman–Crippen LogP) is 4.85. The minimum Gasteiger partial charge on any atom is -0.444 e. The van der Waals surface area contributed by atoms with E-state index in [1.165, 1.54) is 6.42 Å². The van der Waals surface area contributed by atoms with Gasteiger partial charge in [0.15, 0.2) is 0 Å². The molecule has 0 spiro atoms. The maximum atomic E-state index is 13.4. The Labute approximate surface area is 218 Å². The van der Waals surface area contributed by atoms with E-state index in [-0.39, 0.29) is 17.9 Å². The Morgan fingerprint density at radius 3 is 2.53 bits per heavy atom. The lowest BCUT2D eigenvalue weighted by atomic mass is 9.90. The van der Waals surface area contributed by atoms with Crippen molar-refractivity contribution in [2.45, 2.75) is 70.9 Å². The average molecular weight is 516 g/mol. The fourth-order valence-corrected chi connectivity index (χ4v) is 5.47. The van der Waals surface area contributed by atoms with Crippen LogP contribution in [-0.2, 0) is 4.74 Å². The number of carbonyl (C=O) groups is 2.